The Balaban J connectivity index is 2.47. The summed E-state index contributed by atoms with van der Waals surface area (Å²) in [6.07, 6.45) is 1.28. The van der Waals surface area contributed by atoms with E-state index >= 15 is 0 Å². The number of rotatable bonds is 0. The summed E-state index contributed by atoms with van der Waals surface area (Å²) in [7, 11) is 0. The first-order chi connectivity index (χ1) is 7.16. The van der Waals surface area contributed by atoms with Crippen molar-refractivity contribution in [3.8, 4) is 0 Å². The lowest BCUT2D eigenvalue weighted by Crippen LogP contribution is -2.24. The van der Waals surface area contributed by atoms with Crippen LogP contribution in [-0.2, 0) is 9.59 Å². The number of anilines is 2. The summed E-state index contributed by atoms with van der Waals surface area (Å²) in [6.45, 7) is 1.74. The Hall–Kier alpha value is -2.10. The van der Waals surface area contributed by atoms with Crippen LogP contribution in [0.4, 0.5) is 11.4 Å². The maximum atomic E-state index is 11.3. The average Bonchev–Trinajstić information content (AvgIpc) is 2.19. The second-order valence-electron chi connectivity index (χ2n) is 3.32. The predicted molar refractivity (Wildman–Crippen MR) is 57.5 cm³/mol. The molecule has 0 bridgehead atoms. The molecule has 0 atom stereocenters. The van der Waals surface area contributed by atoms with Gasteiger partial charge in [-0.05, 0) is 19.1 Å². The summed E-state index contributed by atoms with van der Waals surface area (Å²) in [5.74, 6) is -1.15. The highest BCUT2D eigenvalue weighted by atomic mass is 16.2. The number of ketones is 1. The van der Waals surface area contributed by atoms with Gasteiger partial charge in [-0.25, -0.2) is 0 Å². The van der Waals surface area contributed by atoms with Crippen molar-refractivity contribution in [1.29, 1.82) is 0 Å². The molecule has 2 N–H and O–H groups in total. The molecule has 76 valence electrons. The molecule has 1 heterocycles. The van der Waals surface area contributed by atoms with Gasteiger partial charge in [0.05, 0.1) is 11.4 Å². The Morgan fingerprint density at radius 3 is 2.27 bits per heavy atom. The second-order valence-corrected chi connectivity index (χ2v) is 3.32. The Kier molecular flexibility index (Phi) is 2.25. The quantitative estimate of drug-likeness (QED) is 0.627. The number of benzene rings is 1. The van der Waals surface area contributed by atoms with E-state index in [1.807, 2.05) is 12.1 Å². The number of hydrogen-bond donors (Lipinski definition) is 2. The van der Waals surface area contributed by atoms with Crippen molar-refractivity contribution in [3.63, 3.8) is 0 Å². The molecule has 15 heavy (non-hydrogen) atoms. The molecule has 0 radical (unpaired) electrons. The van der Waals surface area contributed by atoms with Gasteiger partial charge in [-0.1, -0.05) is 12.1 Å². The number of nitrogens with one attached hydrogen (secondary N) is 2. The monoisotopic (exact) mass is 202 g/mol. The van der Waals surface area contributed by atoms with Crippen LogP contribution in [0, 0.1) is 0 Å². The minimum absolute atomic E-state index is 0.547. The normalized spacial score (nSPS) is 18.9. The molecule has 0 saturated heterocycles. The summed E-state index contributed by atoms with van der Waals surface area (Å²) in [6, 6.07) is 7.23. The van der Waals surface area contributed by atoms with Gasteiger partial charge >= 0.3 is 0 Å². The van der Waals surface area contributed by atoms with Crippen LogP contribution in [0.25, 0.3) is 0 Å². The molecule has 0 aromatic heterocycles. The topological polar surface area (TPSA) is 58.2 Å². The summed E-state index contributed by atoms with van der Waals surface area (Å²) in [5.41, 5.74) is 2.05. The fourth-order valence-electron chi connectivity index (χ4n) is 1.40. The Labute approximate surface area is 87.0 Å². The fourth-order valence-corrected chi connectivity index (χ4v) is 1.40. The van der Waals surface area contributed by atoms with Crippen molar-refractivity contribution in [2.24, 2.45) is 0 Å². The van der Waals surface area contributed by atoms with Crippen molar-refractivity contribution >= 4 is 23.1 Å². The van der Waals surface area contributed by atoms with Crippen molar-refractivity contribution in [1.82, 2.24) is 0 Å². The number of para-hydroxylation sites is 2. The van der Waals surface area contributed by atoms with Crippen LogP contribution >= 0.6 is 0 Å². The molecular formula is C11H10N2O2. The third kappa shape index (κ3) is 1.88. The van der Waals surface area contributed by atoms with Gasteiger partial charge in [0.15, 0.2) is 0 Å². The third-order valence-electron chi connectivity index (χ3n) is 2.08. The molecular weight excluding hydrogens is 192 g/mol. The van der Waals surface area contributed by atoms with E-state index in [-0.39, 0.29) is 0 Å². The van der Waals surface area contributed by atoms with Gasteiger partial charge in [-0.3, -0.25) is 9.59 Å². The van der Waals surface area contributed by atoms with E-state index in [9.17, 15) is 9.59 Å². The van der Waals surface area contributed by atoms with E-state index in [4.69, 9.17) is 0 Å². The summed E-state index contributed by atoms with van der Waals surface area (Å²) in [4.78, 5) is 22.6. The molecule has 1 aliphatic heterocycles. The van der Waals surface area contributed by atoms with E-state index in [1.54, 1.807) is 19.1 Å². The minimum atomic E-state index is -0.608. The van der Waals surface area contributed by atoms with E-state index in [2.05, 4.69) is 10.6 Å². The Morgan fingerprint density at radius 2 is 1.60 bits per heavy atom. The fraction of sp³-hybridized carbons (Fsp3) is 0.0909. The SMILES string of the molecule is C/C1=C/C(=O)C(=O)Nc2ccccc2N1. The molecule has 4 nitrogen and oxygen atoms in total. The molecule has 0 unspecified atom stereocenters. The standard InChI is InChI=1S/C11H10N2O2/c1-7-6-10(14)11(15)13-9-5-3-2-4-8(9)12-7/h2-6,12H,1H3,(H,13,15)/b7-6-. The van der Waals surface area contributed by atoms with Gasteiger partial charge in [-0.2, -0.15) is 0 Å². The zero-order chi connectivity index (χ0) is 10.8. The molecule has 1 aromatic carbocycles. The van der Waals surface area contributed by atoms with Crippen molar-refractivity contribution in [3.05, 3.63) is 36.0 Å². The number of amides is 1. The highest BCUT2D eigenvalue weighted by Gasteiger charge is 2.16. The van der Waals surface area contributed by atoms with E-state index < -0.39 is 11.7 Å². The van der Waals surface area contributed by atoms with Gasteiger partial charge in [0, 0.05) is 11.8 Å². The maximum absolute atomic E-state index is 11.3. The number of allylic oxidation sites excluding steroid dienone is 1. The number of carbonyl (C=O) groups is 2. The zero-order valence-electron chi connectivity index (χ0n) is 8.20. The Morgan fingerprint density at radius 1 is 1.00 bits per heavy atom. The minimum Gasteiger partial charge on any atom is -0.357 e. The van der Waals surface area contributed by atoms with Gasteiger partial charge in [0.1, 0.15) is 0 Å². The molecule has 1 aliphatic rings. The molecule has 2 rings (SSSR count). The first-order valence-corrected chi connectivity index (χ1v) is 4.56. The average molecular weight is 202 g/mol. The summed E-state index contributed by atoms with van der Waals surface area (Å²) in [5, 5.41) is 5.58. The number of hydrogen-bond acceptors (Lipinski definition) is 3. The maximum Gasteiger partial charge on any atom is 0.296 e. The van der Waals surface area contributed by atoms with Gasteiger partial charge in [0.25, 0.3) is 5.91 Å². The molecule has 4 heteroatoms. The lowest BCUT2D eigenvalue weighted by Gasteiger charge is -2.15. The van der Waals surface area contributed by atoms with Gasteiger partial charge in [0.2, 0.25) is 5.78 Å². The highest BCUT2D eigenvalue weighted by molar-refractivity contribution is 6.45. The van der Waals surface area contributed by atoms with E-state index in [0.29, 0.717) is 11.4 Å². The lowest BCUT2D eigenvalue weighted by atomic mass is 10.2. The zero-order valence-corrected chi connectivity index (χ0v) is 8.20. The highest BCUT2D eigenvalue weighted by Crippen LogP contribution is 2.23. The third-order valence-corrected chi connectivity index (χ3v) is 2.08. The smallest absolute Gasteiger partial charge is 0.296 e. The van der Waals surface area contributed by atoms with Crippen LogP contribution in [0.1, 0.15) is 6.92 Å². The van der Waals surface area contributed by atoms with E-state index in [0.717, 1.165) is 5.69 Å². The predicted octanol–water partition coefficient (Wildman–Crippen LogP) is 1.52. The Bertz CT molecular complexity index is 463. The molecule has 0 aliphatic carbocycles. The van der Waals surface area contributed by atoms with Crippen molar-refractivity contribution in [2.75, 3.05) is 10.6 Å². The van der Waals surface area contributed by atoms with Crippen LogP contribution in [0.5, 0.6) is 0 Å². The van der Waals surface area contributed by atoms with Crippen LogP contribution in [-0.4, -0.2) is 11.7 Å². The second kappa shape index (κ2) is 3.57. The van der Waals surface area contributed by atoms with Crippen molar-refractivity contribution in [2.45, 2.75) is 6.92 Å². The number of fused-ring (bicyclic) bond motifs is 1. The molecule has 0 spiro atoms. The molecule has 1 amide bonds. The molecule has 0 fully saturated rings. The summed E-state index contributed by atoms with van der Waals surface area (Å²) >= 11 is 0. The van der Waals surface area contributed by atoms with Crippen LogP contribution < -0.4 is 10.6 Å². The molecule has 1 aromatic rings. The van der Waals surface area contributed by atoms with E-state index in [1.165, 1.54) is 6.08 Å². The van der Waals surface area contributed by atoms with Crippen LogP contribution in [0.15, 0.2) is 36.0 Å². The van der Waals surface area contributed by atoms with Crippen LogP contribution in [0.2, 0.25) is 0 Å². The van der Waals surface area contributed by atoms with Gasteiger partial charge in [-0.15, -0.1) is 0 Å². The molecule has 0 saturated carbocycles. The van der Waals surface area contributed by atoms with Gasteiger partial charge < -0.3 is 10.6 Å². The number of carbonyl (C=O) groups excluding carboxylic acids is 2. The van der Waals surface area contributed by atoms with Crippen LogP contribution in [0.3, 0.4) is 0 Å². The lowest BCUT2D eigenvalue weighted by molar-refractivity contribution is -0.132. The summed E-state index contributed by atoms with van der Waals surface area (Å²) < 4.78 is 0. The van der Waals surface area contributed by atoms with Crippen molar-refractivity contribution < 1.29 is 9.59 Å². The first-order valence-electron chi connectivity index (χ1n) is 4.56. The largest absolute Gasteiger partial charge is 0.357 e. The first kappa shape index (κ1) is 9.45.